The first kappa shape index (κ1) is 13.6. The average molecular weight is 250 g/mol. The van der Waals surface area contributed by atoms with Crippen LogP contribution in [0.1, 0.15) is 64.6 Å². The van der Waals surface area contributed by atoms with Crippen molar-refractivity contribution in [2.75, 3.05) is 0 Å². The van der Waals surface area contributed by atoms with Gasteiger partial charge >= 0.3 is 0 Å². The number of aliphatic hydroxyl groups is 1. The van der Waals surface area contributed by atoms with Crippen LogP contribution in [0.5, 0.6) is 0 Å². The Morgan fingerprint density at radius 2 is 2.11 bits per heavy atom. The Balaban J connectivity index is 1.95. The van der Waals surface area contributed by atoms with Gasteiger partial charge in [0.1, 0.15) is 0 Å². The largest absolute Gasteiger partial charge is 0.389 e. The summed E-state index contributed by atoms with van der Waals surface area (Å²) in [4.78, 5) is 0. The monoisotopic (exact) mass is 250 g/mol. The topological polar surface area (TPSA) is 38.0 Å². The lowest BCUT2D eigenvalue weighted by Gasteiger charge is -2.35. The van der Waals surface area contributed by atoms with Gasteiger partial charge in [-0.25, -0.2) is 0 Å². The molecule has 1 heterocycles. The van der Waals surface area contributed by atoms with Gasteiger partial charge in [0.25, 0.3) is 0 Å². The molecule has 0 aliphatic heterocycles. The van der Waals surface area contributed by atoms with E-state index in [1.165, 1.54) is 6.42 Å². The molecule has 1 aliphatic rings. The molecule has 18 heavy (non-hydrogen) atoms. The summed E-state index contributed by atoms with van der Waals surface area (Å²) in [5.41, 5.74) is 0.517. The summed E-state index contributed by atoms with van der Waals surface area (Å²) in [6, 6.07) is 2.44. The molecule has 1 saturated carbocycles. The highest BCUT2D eigenvalue weighted by atomic mass is 16.3. The Morgan fingerprint density at radius 1 is 1.44 bits per heavy atom. The highest BCUT2D eigenvalue weighted by molar-refractivity contribution is 5.05. The van der Waals surface area contributed by atoms with Crippen LogP contribution in [0.2, 0.25) is 0 Å². The van der Waals surface area contributed by atoms with Gasteiger partial charge in [0, 0.05) is 18.7 Å². The number of nitrogens with zero attached hydrogens (tertiary/aromatic N) is 2. The van der Waals surface area contributed by atoms with Crippen LogP contribution >= 0.6 is 0 Å². The summed E-state index contributed by atoms with van der Waals surface area (Å²) in [5, 5.41) is 15.2. The van der Waals surface area contributed by atoms with E-state index in [0.717, 1.165) is 37.3 Å². The van der Waals surface area contributed by atoms with Gasteiger partial charge in [-0.3, -0.25) is 4.68 Å². The fourth-order valence-corrected chi connectivity index (χ4v) is 2.90. The van der Waals surface area contributed by atoms with Gasteiger partial charge in [0.15, 0.2) is 0 Å². The van der Waals surface area contributed by atoms with Crippen LogP contribution in [0.3, 0.4) is 0 Å². The molecule has 0 unspecified atom stereocenters. The fraction of sp³-hybridized carbons (Fsp3) is 0.800. The van der Waals surface area contributed by atoms with Gasteiger partial charge in [0.2, 0.25) is 0 Å². The van der Waals surface area contributed by atoms with E-state index < -0.39 is 5.60 Å². The highest BCUT2D eigenvalue weighted by Crippen LogP contribution is 2.35. The first-order chi connectivity index (χ1) is 8.52. The molecule has 0 radical (unpaired) electrons. The van der Waals surface area contributed by atoms with E-state index in [2.05, 4.69) is 25.9 Å². The average Bonchev–Trinajstić information content (AvgIpc) is 2.78. The molecule has 102 valence electrons. The van der Waals surface area contributed by atoms with Gasteiger partial charge in [-0.2, -0.15) is 5.10 Å². The van der Waals surface area contributed by atoms with Crippen LogP contribution < -0.4 is 0 Å². The van der Waals surface area contributed by atoms with Crippen LogP contribution in [0, 0.1) is 5.92 Å². The Labute approximate surface area is 110 Å². The molecule has 0 spiro atoms. The second kappa shape index (κ2) is 5.43. The van der Waals surface area contributed by atoms with E-state index in [1.54, 1.807) is 0 Å². The molecule has 0 aromatic carbocycles. The third kappa shape index (κ3) is 3.14. The standard InChI is InChI=1S/C15H26N2O/c1-4-13-5-8-15(18,9-6-13)11-14-7-10-17(16-14)12(2)3/h7,10,12-13,18H,4-6,8-9,11H2,1-3H3. The van der Waals surface area contributed by atoms with Crippen molar-refractivity contribution in [3.63, 3.8) is 0 Å². The molecule has 2 rings (SSSR count). The van der Waals surface area contributed by atoms with Gasteiger partial charge < -0.3 is 5.11 Å². The molecule has 1 aromatic heterocycles. The predicted molar refractivity (Wildman–Crippen MR) is 73.5 cm³/mol. The van der Waals surface area contributed by atoms with Gasteiger partial charge in [-0.1, -0.05) is 13.3 Å². The second-order valence-electron chi connectivity index (χ2n) is 6.13. The zero-order chi connectivity index (χ0) is 13.2. The number of hydrogen-bond donors (Lipinski definition) is 1. The van der Waals surface area contributed by atoms with E-state index in [4.69, 9.17) is 0 Å². The highest BCUT2D eigenvalue weighted by Gasteiger charge is 2.33. The van der Waals surface area contributed by atoms with Crippen molar-refractivity contribution < 1.29 is 5.11 Å². The zero-order valence-corrected chi connectivity index (χ0v) is 11.9. The summed E-state index contributed by atoms with van der Waals surface area (Å²) in [5.74, 6) is 0.818. The molecular weight excluding hydrogens is 224 g/mol. The molecule has 3 heteroatoms. The first-order valence-electron chi connectivity index (χ1n) is 7.29. The summed E-state index contributed by atoms with van der Waals surface area (Å²) in [6.07, 6.45) is 8.16. The quantitative estimate of drug-likeness (QED) is 0.890. The summed E-state index contributed by atoms with van der Waals surface area (Å²) in [6.45, 7) is 6.50. The maximum atomic E-state index is 10.6. The van der Waals surface area contributed by atoms with Crippen molar-refractivity contribution in [2.45, 2.75) is 70.9 Å². The molecule has 0 bridgehead atoms. The summed E-state index contributed by atoms with van der Waals surface area (Å²) >= 11 is 0. The Morgan fingerprint density at radius 3 is 2.61 bits per heavy atom. The predicted octanol–water partition coefficient (Wildman–Crippen LogP) is 3.34. The third-order valence-electron chi connectivity index (χ3n) is 4.32. The van der Waals surface area contributed by atoms with Crippen LogP contribution in [-0.2, 0) is 6.42 Å². The molecule has 1 aromatic rings. The van der Waals surface area contributed by atoms with Crippen molar-refractivity contribution in [2.24, 2.45) is 5.92 Å². The second-order valence-corrected chi connectivity index (χ2v) is 6.13. The van der Waals surface area contributed by atoms with Crippen molar-refractivity contribution in [3.8, 4) is 0 Å². The Bertz CT molecular complexity index is 376. The lowest BCUT2D eigenvalue weighted by Crippen LogP contribution is -2.36. The summed E-state index contributed by atoms with van der Waals surface area (Å²) < 4.78 is 1.97. The minimum absolute atomic E-state index is 0.393. The summed E-state index contributed by atoms with van der Waals surface area (Å²) in [7, 11) is 0. The molecule has 3 nitrogen and oxygen atoms in total. The molecule has 1 aliphatic carbocycles. The molecule has 0 saturated heterocycles. The van der Waals surface area contributed by atoms with Crippen LogP contribution in [0.4, 0.5) is 0 Å². The molecule has 0 atom stereocenters. The molecular formula is C15H26N2O. The van der Waals surface area contributed by atoms with Crippen molar-refractivity contribution in [1.29, 1.82) is 0 Å². The maximum absolute atomic E-state index is 10.6. The van der Waals surface area contributed by atoms with Gasteiger partial charge in [-0.05, 0) is 51.5 Å². The van der Waals surface area contributed by atoms with E-state index in [9.17, 15) is 5.11 Å². The first-order valence-corrected chi connectivity index (χ1v) is 7.29. The van der Waals surface area contributed by atoms with Crippen molar-refractivity contribution in [3.05, 3.63) is 18.0 Å². The lowest BCUT2D eigenvalue weighted by molar-refractivity contribution is -0.0101. The number of aromatic nitrogens is 2. The smallest absolute Gasteiger partial charge is 0.0703 e. The SMILES string of the molecule is CCC1CCC(O)(Cc2ccn(C(C)C)n2)CC1. The Kier molecular flexibility index (Phi) is 4.10. The van der Waals surface area contributed by atoms with Crippen LogP contribution in [0.25, 0.3) is 0 Å². The minimum Gasteiger partial charge on any atom is -0.389 e. The van der Waals surface area contributed by atoms with E-state index >= 15 is 0 Å². The van der Waals surface area contributed by atoms with Gasteiger partial charge in [-0.15, -0.1) is 0 Å². The Hall–Kier alpha value is -0.830. The molecule has 0 amide bonds. The number of rotatable bonds is 4. The fourth-order valence-electron chi connectivity index (χ4n) is 2.90. The zero-order valence-electron chi connectivity index (χ0n) is 11.9. The normalized spacial score (nSPS) is 28.8. The van der Waals surface area contributed by atoms with Crippen molar-refractivity contribution >= 4 is 0 Å². The lowest BCUT2D eigenvalue weighted by atomic mass is 9.76. The van der Waals surface area contributed by atoms with Crippen molar-refractivity contribution in [1.82, 2.24) is 9.78 Å². The number of hydrogen-bond acceptors (Lipinski definition) is 2. The molecule has 1 fully saturated rings. The third-order valence-corrected chi connectivity index (χ3v) is 4.32. The van der Waals surface area contributed by atoms with Crippen LogP contribution in [-0.4, -0.2) is 20.5 Å². The van der Waals surface area contributed by atoms with E-state index in [-0.39, 0.29) is 0 Å². The maximum Gasteiger partial charge on any atom is 0.0703 e. The van der Waals surface area contributed by atoms with E-state index in [0.29, 0.717) is 12.5 Å². The van der Waals surface area contributed by atoms with E-state index in [1.807, 2.05) is 16.9 Å². The van der Waals surface area contributed by atoms with Crippen LogP contribution in [0.15, 0.2) is 12.3 Å². The minimum atomic E-state index is -0.512. The molecule has 1 N–H and O–H groups in total. The van der Waals surface area contributed by atoms with Gasteiger partial charge in [0.05, 0.1) is 11.3 Å².